The minimum absolute atomic E-state index is 0.205. The normalized spacial score (nSPS) is 10.4. The summed E-state index contributed by atoms with van der Waals surface area (Å²) in [5.41, 5.74) is 5.44. The van der Waals surface area contributed by atoms with Crippen LogP contribution < -0.4 is 5.73 Å². The van der Waals surface area contributed by atoms with Crippen molar-refractivity contribution in [2.75, 3.05) is 24.7 Å². The van der Waals surface area contributed by atoms with E-state index in [1.165, 1.54) is 0 Å². The molecule has 0 bridgehead atoms. The molecule has 0 amide bonds. The Hall–Kier alpha value is -0.520. The maximum atomic E-state index is 5.71. The van der Waals surface area contributed by atoms with Gasteiger partial charge in [0.25, 0.3) is 0 Å². The third-order valence-electron chi connectivity index (χ3n) is 1.37. The molecule has 0 aliphatic carbocycles. The summed E-state index contributed by atoms with van der Waals surface area (Å²) in [7, 11) is 0. The van der Waals surface area contributed by atoms with Gasteiger partial charge in [-0.3, -0.25) is 0 Å². The van der Waals surface area contributed by atoms with Crippen molar-refractivity contribution in [3.8, 4) is 0 Å². The minimum Gasteiger partial charge on any atom is -0.381 e. The molecule has 0 aliphatic heterocycles. The van der Waals surface area contributed by atoms with Gasteiger partial charge in [-0.25, -0.2) is 9.97 Å². The molecule has 0 atom stereocenters. The Labute approximate surface area is 92.2 Å². The van der Waals surface area contributed by atoms with Crippen LogP contribution in [0.4, 0.5) is 5.95 Å². The number of halogens is 1. The molecule has 0 spiro atoms. The summed E-state index contributed by atoms with van der Waals surface area (Å²) >= 11 is 7.26. The van der Waals surface area contributed by atoms with E-state index in [0.717, 1.165) is 17.4 Å². The van der Waals surface area contributed by atoms with Crippen LogP contribution >= 0.6 is 23.4 Å². The zero-order chi connectivity index (χ0) is 10.4. The highest BCUT2D eigenvalue weighted by Gasteiger charge is 2.00. The summed E-state index contributed by atoms with van der Waals surface area (Å²) in [5, 5.41) is 1.15. The van der Waals surface area contributed by atoms with Gasteiger partial charge in [0.2, 0.25) is 5.95 Å². The second-order valence-corrected chi connectivity index (χ2v) is 3.93. The number of nitrogens with zero attached hydrogens (tertiary/aromatic N) is 2. The fourth-order valence-corrected chi connectivity index (χ4v) is 1.86. The van der Waals surface area contributed by atoms with E-state index in [4.69, 9.17) is 22.1 Å². The first-order valence-corrected chi connectivity index (χ1v) is 5.59. The first-order chi connectivity index (χ1) is 6.72. The molecule has 0 unspecified atom stereocenters. The van der Waals surface area contributed by atoms with Gasteiger partial charge in [-0.15, -0.1) is 11.8 Å². The summed E-state index contributed by atoms with van der Waals surface area (Å²) in [5.74, 6) is 1.04. The lowest BCUT2D eigenvalue weighted by Crippen LogP contribution is -1.99. The van der Waals surface area contributed by atoms with Gasteiger partial charge in [-0.1, -0.05) is 11.6 Å². The third kappa shape index (κ3) is 4.13. The average molecular weight is 234 g/mol. The molecule has 0 saturated carbocycles. The largest absolute Gasteiger partial charge is 0.381 e. The second kappa shape index (κ2) is 6.06. The molecular formula is C8H12ClN3OS. The number of anilines is 1. The van der Waals surface area contributed by atoms with E-state index in [0.29, 0.717) is 11.8 Å². The molecule has 1 heterocycles. The summed E-state index contributed by atoms with van der Waals surface area (Å²) in [6, 6.07) is 1.69. The van der Waals surface area contributed by atoms with Crippen LogP contribution in [-0.2, 0) is 4.74 Å². The molecule has 14 heavy (non-hydrogen) atoms. The Morgan fingerprint density at radius 1 is 1.57 bits per heavy atom. The molecule has 0 radical (unpaired) electrons. The van der Waals surface area contributed by atoms with Crippen LogP contribution in [-0.4, -0.2) is 28.9 Å². The van der Waals surface area contributed by atoms with Crippen molar-refractivity contribution >= 4 is 29.3 Å². The predicted molar refractivity (Wildman–Crippen MR) is 58.7 cm³/mol. The predicted octanol–water partition coefficient (Wildman–Crippen LogP) is 1.84. The fraction of sp³-hybridized carbons (Fsp3) is 0.500. The Morgan fingerprint density at radius 2 is 2.36 bits per heavy atom. The fourth-order valence-electron chi connectivity index (χ4n) is 0.837. The van der Waals surface area contributed by atoms with Gasteiger partial charge in [-0.05, 0) is 6.92 Å². The van der Waals surface area contributed by atoms with E-state index >= 15 is 0 Å². The van der Waals surface area contributed by atoms with Crippen molar-refractivity contribution < 1.29 is 4.74 Å². The first-order valence-electron chi connectivity index (χ1n) is 4.23. The zero-order valence-electron chi connectivity index (χ0n) is 7.86. The van der Waals surface area contributed by atoms with Crippen molar-refractivity contribution in [2.24, 2.45) is 0 Å². The molecule has 0 aliphatic rings. The highest BCUT2D eigenvalue weighted by Crippen LogP contribution is 2.18. The van der Waals surface area contributed by atoms with Gasteiger partial charge in [0, 0.05) is 18.4 Å². The number of nitrogens with two attached hydrogens (primary N) is 1. The number of hydrogen-bond acceptors (Lipinski definition) is 5. The lowest BCUT2D eigenvalue weighted by Gasteiger charge is -2.02. The smallest absolute Gasteiger partial charge is 0.222 e. The topological polar surface area (TPSA) is 61.0 Å². The van der Waals surface area contributed by atoms with E-state index in [9.17, 15) is 0 Å². The highest BCUT2D eigenvalue weighted by molar-refractivity contribution is 7.99. The molecule has 0 aromatic carbocycles. The van der Waals surface area contributed by atoms with Crippen molar-refractivity contribution in [3.63, 3.8) is 0 Å². The first kappa shape index (κ1) is 11.6. The summed E-state index contributed by atoms with van der Waals surface area (Å²) in [6.45, 7) is 3.39. The molecule has 0 fully saturated rings. The summed E-state index contributed by atoms with van der Waals surface area (Å²) < 4.78 is 5.19. The maximum Gasteiger partial charge on any atom is 0.222 e. The Balaban J connectivity index is 2.42. The van der Waals surface area contributed by atoms with Crippen LogP contribution in [0.3, 0.4) is 0 Å². The number of thioether (sulfide) groups is 1. The van der Waals surface area contributed by atoms with Gasteiger partial charge < -0.3 is 10.5 Å². The van der Waals surface area contributed by atoms with Crippen molar-refractivity contribution in [2.45, 2.75) is 11.9 Å². The van der Waals surface area contributed by atoms with E-state index in [-0.39, 0.29) is 5.95 Å². The number of rotatable bonds is 5. The second-order valence-electron chi connectivity index (χ2n) is 2.43. The van der Waals surface area contributed by atoms with Crippen LogP contribution in [0.5, 0.6) is 0 Å². The van der Waals surface area contributed by atoms with E-state index in [1.807, 2.05) is 6.92 Å². The lowest BCUT2D eigenvalue weighted by molar-refractivity contribution is 0.164. The number of nitrogen functional groups attached to an aromatic ring is 1. The van der Waals surface area contributed by atoms with Crippen LogP contribution in [0.2, 0.25) is 5.15 Å². The van der Waals surface area contributed by atoms with Crippen LogP contribution in [0.1, 0.15) is 6.92 Å². The Bertz CT molecular complexity index is 278. The molecular weight excluding hydrogens is 222 g/mol. The highest BCUT2D eigenvalue weighted by atomic mass is 35.5. The molecule has 1 aromatic heterocycles. The van der Waals surface area contributed by atoms with Gasteiger partial charge in [0.05, 0.1) is 6.61 Å². The van der Waals surface area contributed by atoms with Crippen molar-refractivity contribution in [1.29, 1.82) is 0 Å². The molecule has 78 valence electrons. The number of ether oxygens (including phenoxy) is 1. The average Bonchev–Trinajstić information content (AvgIpc) is 2.11. The standard InChI is InChI=1S/C8H12ClN3OS/c1-2-13-3-4-14-7-5-6(9)11-8(10)12-7/h5H,2-4H2,1H3,(H2,10,11,12). The van der Waals surface area contributed by atoms with E-state index in [1.54, 1.807) is 17.8 Å². The zero-order valence-corrected chi connectivity index (χ0v) is 9.44. The maximum absolute atomic E-state index is 5.71. The van der Waals surface area contributed by atoms with Crippen LogP contribution in [0.25, 0.3) is 0 Å². The monoisotopic (exact) mass is 233 g/mol. The van der Waals surface area contributed by atoms with Crippen LogP contribution in [0, 0.1) is 0 Å². The van der Waals surface area contributed by atoms with E-state index in [2.05, 4.69) is 9.97 Å². The van der Waals surface area contributed by atoms with Gasteiger partial charge in [-0.2, -0.15) is 0 Å². The summed E-state index contributed by atoms with van der Waals surface area (Å²) in [6.07, 6.45) is 0. The minimum atomic E-state index is 0.205. The molecule has 6 heteroatoms. The molecule has 0 saturated heterocycles. The number of hydrogen-bond donors (Lipinski definition) is 1. The third-order valence-corrected chi connectivity index (χ3v) is 2.44. The molecule has 4 nitrogen and oxygen atoms in total. The van der Waals surface area contributed by atoms with Gasteiger partial charge >= 0.3 is 0 Å². The quantitative estimate of drug-likeness (QED) is 0.478. The SMILES string of the molecule is CCOCCSc1cc(Cl)nc(N)n1. The molecule has 2 N–H and O–H groups in total. The van der Waals surface area contributed by atoms with E-state index < -0.39 is 0 Å². The van der Waals surface area contributed by atoms with Crippen LogP contribution in [0.15, 0.2) is 11.1 Å². The lowest BCUT2D eigenvalue weighted by atomic mass is 10.7. The van der Waals surface area contributed by atoms with Crippen molar-refractivity contribution in [1.82, 2.24) is 9.97 Å². The van der Waals surface area contributed by atoms with Crippen molar-refractivity contribution in [3.05, 3.63) is 11.2 Å². The van der Waals surface area contributed by atoms with Gasteiger partial charge in [0.15, 0.2) is 0 Å². The Kier molecular flexibility index (Phi) is 5.00. The summed E-state index contributed by atoms with van der Waals surface area (Å²) in [4.78, 5) is 7.79. The molecule has 1 rings (SSSR count). The number of aromatic nitrogens is 2. The molecule has 1 aromatic rings. The van der Waals surface area contributed by atoms with Gasteiger partial charge in [0.1, 0.15) is 10.2 Å². The Morgan fingerprint density at radius 3 is 3.00 bits per heavy atom.